The van der Waals surface area contributed by atoms with Gasteiger partial charge < -0.3 is 16.4 Å². The zero-order valence-corrected chi connectivity index (χ0v) is 14.0. The van der Waals surface area contributed by atoms with E-state index in [9.17, 15) is 4.79 Å². The predicted molar refractivity (Wildman–Crippen MR) is 96.8 cm³/mol. The van der Waals surface area contributed by atoms with Gasteiger partial charge in [0.2, 0.25) is 0 Å². The van der Waals surface area contributed by atoms with Gasteiger partial charge in [-0.2, -0.15) is 0 Å². The molecule has 4 N–H and O–H groups in total. The highest BCUT2D eigenvalue weighted by Crippen LogP contribution is 2.29. The summed E-state index contributed by atoms with van der Waals surface area (Å²) >= 11 is 0. The van der Waals surface area contributed by atoms with Crippen molar-refractivity contribution >= 4 is 17.4 Å². The van der Waals surface area contributed by atoms with Crippen LogP contribution >= 0.6 is 0 Å². The smallest absolute Gasteiger partial charge is 0.316 e. The van der Waals surface area contributed by atoms with Crippen LogP contribution in [0.1, 0.15) is 32.8 Å². The molecule has 23 heavy (non-hydrogen) atoms. The van der Waals surface area contributed by atoms with E-state index in [4.69, 9.17) is 5.73 Å². The summed E-state index contributed by atoms with van der Waals surface area (Å²) in [5.74, 6) is 0. The van der Waals surface area contributed by atoms with Gasteiger partial charge >= 0.3 is 6.03 Å². The SMILES string of the molecule is CC(CC(C)(C)c1ccccc1)Nc1cccc(NC(N)=O)c1. The third kappa shape index (κ3) is 5.02. The van der Waals surface area contributed by atoms with Gasteiger partial charge in [0.1, 0.15) is 0 Å². The molecule has 0 aliphatic carbocycles. The van der Waals surface area contributed by atoms with E-state index in [2.05, 4.69) is 55.7 Å². The number of amides is 2. The maximum Gasteiger partial charge on any atom is 0.316 e. The highest BCUT2D eigenvalue weighted by Gasteiger charge is 2.23. The molecule has 0 heterocycles. The lowest BCUT2D eigenvalue weighted by molar-refractivity contribution is 0.259. The Morgan fingerprint density at radius 2 is 1.74 bits per heavy atom. The van der Waals surface area contributed by atoms with Crippen molar-refractivity contribution in [2.24, 2.45) is 5.73 Å². The normalized spacial score (nSPS) is 12.5. The van der Waals surface area contributed by atoms with Crippen LogP contribution in [-0.2, 0) is 5.41 Å². The Labute approximate surface area is 138 Å². The number of hydrogen-bond donors (Lipinski definition) is 3. The van der Waals surface area contributed by atoms with Crippen molar-refractivity contribution in [2.45, 2.75) is 38.6 Å². The first-order valence-corrected chi connectivity index (χ1v) is 7.85. The van der Waals surface area contributed by atoms with E-state index >= 15 is 0 Å². The van der Waals surface area contributed by atoms with Crippen LogP contribution in [0.4, 0.5) is 16.2 Å². The maximum absolute atomic E-state index is 10.9. The molecule has 0 radical (unpaired) electrons. The molecule has 4 heteroatoms. The summed E-state index contributed by atoms with van der Waals surface area (Å²) in [5.41, 5.74) is 8.22. The van der Waals surface area contributed by atoms with Gasteiger partial charge in [-0.15, -0.1) is 0 Å². The van der Waals surface area contributed by atoms with Crippen LogP contribution in [0, 0.1) is 0 Å². The Hall–Kier alpha value is -2.49. The summed E-state index contributed by atoms with van der Waals surface area (Å²) in [7, 11) is 0. The third-order valence-electron chi connectivity index (χ3n) is 3.91. The average Bonchev–Trinajstić information content (AvgIpc) is 2.47. The lowest BCUT2D eigenvalue weighted by Crippen LogP contribution is -2.27. The fourth-order valence-electron chi connectivity index (χ4n) is 2.94. The number of urea groups is 1. The topological polar surface area (TPSA) is 67.2 Å². The van der Waals surface area contributed by atoms with Crippen molar-refractivity contribution in [3.05, 3.63) is 60.2 Å². The Balaban J connectivity index is 2.02. The number of carbonyl (C=O) groups excluding carboxylic acids is 1. The summed E-state index contributed by atoms with van der Waals surface area (Å²) in [4.78, 5) is 10.9. The molecule has 0 fully saturated rings. The first-order chi connectivity index (χ1) is 10.9. The molecule has 2 amide bonds. The zero-order chi connectivity index (χ0) is 16.9. The van der Waals surface area contributed by atoms with Crippen LogP contribution in [-0.4, -0.2) is 12.1 Å². The van der Waals surface area contributed by atoms with Gasteiger partial charge in [-0.3, -0.25) is 0 Å². The van der Waals surface area contributed by atoms with Crippen LogP contribution in [0.3, 0.4) is 0 Å². The highest BCUT2D eigenvalue weighted by molar-refractivity contribution is 5.88. The van der Waals surface area contributed by atoms with E-state index in [1.807, 2.05) is 30.3 Å². The van der Waals surface area contributed by atoms with Crippen molar-refractivity contribution in [3.8, 4) is 0 Å². The molecule has 0 saturated heterocycles. The summed E-state index contributed by atoms with van der Waals surface area (Å²) in [6.07, 6.45) is 0.991. The summed E-state index contributed by atoms with van der Waals surface area (Å²) in [6, 6.07) is 17.8. The molecule has 0 bridgehead atoms. The summed E-state index contributed by atoms with van der Waals surface area (Å²) in [6.45, 7) is 6.68. The van der Waals surface area contributed by atoms with E-state index in [1.165, 1.54) is 5.56 Å². The van der Waals surface area contributed by atoms with Gasteiger partial charge in [-0.05, 0) is 42.5 Å². The standard InChI is InChI=1S/C19H25N3O/c1-14(13-19(2,3)15-8-5-4-6-9-15)21-16-10-7-11-17(12-16)22-18(20)23/h4-12,14,21H,13H2,1-3H3,(H3,20,22,23). The van der Waals surface area contributed by atoms with Crippen LogP contribution < -0.4 is 16.4 Å². The molecule has 2 rings (SSSR count). The van der Waals surface area contributed by atoms with Gasteiger partial charge in [-0.25, -0.2) is 4.79 Å². The number of primary amides is 1. The minimum atomic E-state index is -0.555. The van der Waals surface area contributed by atoms with Crippen LogP contribution in [0.2, 0.25) is 0 Å². The second-order valence-corrected chi connectivity index (χ2v) is 6.57. The van der Waals surface area contributed by atoms with Crippen molar-refractivity contribution in [2.75, 3.05) is 10.6 Å². The van der Waals surface area contributed by atoms with Gasteiger partial charge in [0.05, 0.1) is 0 Å². The summed E-state index contributed by atoms with van der Waals surface area (Å²) in [5, 5.41) is 6.08. The van der Waals surface area contributed by atoms with Crippen molar-refractivity contribution in [3.63, 3.8) is 0 Å². The molecule has 0 aromatic heterocycles. The number of hydrogen-bond acceptors (Lipinski definition) is 2. The highest BCUT2D eigenvalue weighted by atomic mass is 16.2. The predicted octanol–water partition coefficient (Wildman–Crippen LogP) is 4.35. The second kappa shape index (κ2) is 7.18. The monoisotopic (exact) mass is 311 g/mol. The van der Waals surface area contributed by atoms with Gasteiger partial charge in [0.15, 0.2) is 0 Å². The zero-order valence-electron chi connectivity index (χ0n) is 14.0. The lowest BCUT2D eigenvalue weighted by Gasteiger charge is -2.29. The minimum absolute atomic E-state index is 0.0801. The van der Waals surface area contributed by atoms with Crippen molar-refractivity contribution in [1.29, 1.82) is 0 Å². The Kier molecular flexibility index (Phi) is 5.27. The van der Waals surface area contributed by atoms with E-state index < -0.39 is 6.03 Å². The second-order valence-electron chi connectivity index (χ2n) is 6.57. The van der Waals surface area contributed by atoms with Crippen molar-refractivity contribution in [1.82, 2.24) is 0 Å². The maximum atomic E-state index is 10.9. The molecule has 2 aromatic rings. The molecule has 0 saturated carbocycles. The number of nitrogens with two attached hydrogens (primary N) is 1. The molecule has 122 valence electrons. The van der Waals surface area contributed by atoms with Crippen LogP contribution in [0.15, 0.2) is 54.6 Å². The van der Waals surface area contributed by atoms with Crippen LogP contribution in [0.5, 0.6) is 0 Å². The summed E-state index contributed by atoms with van der Waals surface area (Å²) < 4.78 is 0. The van der Waals surface area contributed by atoms with Gasteiger partial charge in [0, 0.05) is 17.4 Å². The minimum Gasteiger partial charge on any atom is -0.382 e. The van der Waals surface area contributed by atoms with Gasteiger partial charge in [-0.1, -0.05) is 50.2 Å². The molecular weight excluding hydrogens is 286 g/mol. The average molecular weight is 311 g/mol. The molecular formula is C19H25N3O. The first kappa shape index (κ1) is 16.9. The molecule has 2 aromatic carbocycles. The molecule has 0 aliphatic rings. The van der Waals surface area contributed by atoms with Crippen molar-refractivity contribution < 1.29 is 4.79 Å². The van der Waals surface area contributed by atoms with E-state index in [1.54, 1.807) is 0 Å². The number of anilines is 2. The largest absolute Gasteiger partial charge is 0.382 e. The number of rotatable bonds is 6. The number of nitrogens with one attached hydrogen (secondary N) is 2. The van der Waals surface area contributed by atoms with E-state index in [-0.39, 0.29) is 11.5 Å². The molecule has 4 nitrogen and oxygen atoms in total. The Bertz CT molecular complexity index is 653. The van der Waals surface area contributed by atoms with E-state index in [0.29, 0.717) is 5.69 Å². The fraction of sp³-hybridized carbons (Fsp3) is 0.316. The fourth-order valence-corrected chi connectivity index (χ4v) is 2.94. The van der Waals surface area contributed by atoms with Crippen LogP contribution in [0.25, 0.3) is 0 Å². The molecule has 1 unspecified atom stereocenters. The van der Waals surface area contributed by atoms with Gasteiger partial charge in [0.25, 0.3) is 0 Å². The number of benzene rings is 2. The molecule has 0 spiro atoms. The lowest BCUT2D eigenvalue weighted by atomic mass is 9.79. The molecule has 1 atom stereocenters. The Morgan fingerprint density at radius 3 is 2.39 bits per heavy atom. The quantitative estimate of drug-likeness (QED) is 0.742. The molecule has 0 aliphatic heterocycles. The Morgan fingerprint density at radius 1 is 1.09 bits per heavy atom. The van der Waals surface area contributed by atoms with E-state index in [0.717, 1.165) is 12.1 Å². The third-order valence-corrected chi connectivity index (χ3v) is 3.91. The first-order valence-electron chi connectivity index (χ1n) is 7.85. The number of carbonyl (C=O) groups is 1.